The predicted octanol–water partition coefficient (Wildman–Crippen LogP) is 5.55. The molecule has 0 fully saturated rings. The molecule has 0 amide bonds. The van der Waals surface area contributed by atoms with Crippen LogP contribution in [0.5, 0.6) is 0 Å². The van der Waals surface area contributed by atoms with Crippen LogP contribution < -0.4 is 0 Å². The van der Waals surface area contributed by atoms with Gasteiger partial charge in [0.1, 0.15) is 5.76 Å². The minimum Gasteiger partial charge on any atom is -0.512 e. The van der Waals surface area contributed by atoms with Gasteiger partial charge in [-0.3, -0.25) is 4.79 Å². The third-order valence-corrected chi connectivity index (χ3v) is 5.21. The second-order valence-electron chi connectivity index (χ2n) is 7.19. The molecule has 1 N–H and O–H groups in total. The molecule has 1 aliphatic rings. The standard InChI is InChI=1S/C25H26O4/c1-3-29-25(28)10-6-9-22(21-13-14-24(27)23(16-21)17(2)26)20-12-11-18-7-4-5-8-19(18)15-20/h4-8,10-12,15-16,22,27H,3,9,13-14H2,1-2H3/b10-6+/t22-/m1/s1. The number of rotatable bonds is 7. The van der Waals surface area contributed by atoms with Gasteiger partial charge in [-0.1, -0.05) is 54.1 Å². The van der Waals surface area contributed by atoms with Crippen LogP contribution in [0.3, 0.4) is 0 Å². The van der Waals surface area contributed by atoms with Crippen LogP contribution in [0.2, 0.25) is 0 Å². The number of fused-ring (bicyclic) bond motifs is 1. The normalized spacial score (nSPS) is 15.4. The molecule has 0 aliphatic heterocycles. The highest BCUT2D eigenvalue weighted by Gasteiger charge is 2.23. The molecule has 2 aromatic rings. The summed E-state index contributed by atoms with van der Waals surface area (Å²) in [7, 11) is 0. The van der Waals surface area contributed by atoms with Gasteiger partial charge in [0.25, 0.3) is 0 Å². The second-order valence-corrected chi connectivity index (χ2v) is 7.19. The minimum atomic E-state index is -0.357. The number of allylic oxidation sites excluding steroid dienone is 5. The predicted molar refractivity (Wildman–Crippen MR) is 115 cm³/mol. The summed E-state index contributed by atoms with van der Waals surface area (Å²) in [5.41, 5.74) is 2.58. The lowest BCUT2D eigenvalue weighted by Crippen LogP contribution is -2.11. The largest absolute Gasteiger partial charge is 0.512 e. The highest BCUT2D eigenvalue weighted by Crippen LogP contribution is 2.37. The van der Waals surface area contributed by atoms with E-state index in [1.807, 2.05) is 24.3 Å². The van der Waals surface area contributed by atoms with Crippen molar-refractivity contribution in [2.24, 2.45) is 0 Å². The number of Topliss-reactive ketones (excluding diaryl/α,β-unsaturated/α-hetero) is 1. The summed E-state index contributed by atoms with van der Waals surface area (Å²) in [6, 6.07) is 14.5. The molecule has 150 valence electrons. The summed E-state index contributed by atoms with van der Waals surface area (Å²) in [4.78, 5) is 23.6. The van der Waals surface area contributed by atoms with Crippen molar-refractivity contribution in [2.75, 3.05) is 6.61 Å². The topological polar surface area (TPSA) is 63.6 Å². The molecule has 1 atom stereocenters. The maximum Gasteiger partial charge on any atom is 0.330 e. The lowest BCUT2D eigenvalue weighted by atomic mass is 9.81. The molecule has 0 heterocycles. The molecule has 0 saturated carbocycles. The van der Waals surface area contributed by atoms with E-state index in [0.29, 0.717) is 31.4 Å². The van der Waals surface area contributed by atoms with E-state index < -0.39 is 0 Å². The van der Waals surface area contributed by atoms with Crippen LogP contribution >= 0.6 is 0 Å². The molecular formula is C25H26O4. The average molecular weight is 390 g/mol. The Labute approximate surface area is 171 Å². The summed E-state index contributed by atoms with van der Waals surface area (Å²) >= 11 is 0. The van der Waals surface area contributed by atoms with Gasteiger partial charge in [0.15, 0.2) is 5.78 Å². The summed E-state index contributed by atoms with van der Waals surface area (Å²) in [5.74, 6) is -0.336. The van der Waals surface area contributed by atoms with Gasteiger partial charge in [0.05, 0.1) is 12.2 Å². The molecule has 0 unspecified atom stereocenters. The van der Waals surface area contributed by atoms with Gasteiger partial charge in [-0.05, 0) is 49.1 Å². The van der Waals surface area contributed by atoms with Crippen LogP contribution in [0.4, 0.5) is 0 Å². The molecule has 2 aromatic carbocycles. The molecule has 0 spiro atoms. The Balaban J connectivity index is 1.98. The molecule has 3 rings (SSSR count). The lowest BCUT2D eigenvalue weighted by molar-refractivity contribution is -0.137. The molecule has 1 aliphatic carbocycles. The number of ether oxygens (including phenoxy) is 1. The second kappa shape index (κ2) is 9.37. The number of carbonyl (C=O) groups is 2. The third-order valence-electron chi connectivity index (χ3n) is 5.21. The molecule has 0 saturated heterocycles. The zero-order valence-corrected chi connectivity index (χ0v) is 16.9. The molecule has 29 heavy (non-hydrogen) atoms. The smallest absolute Gasteiger partial charge is 0.330 e. The first-order valence-corrected chi connectivity index (χ1v) is 9.95. The molecular weight excluding hydrogens is 364 g/mol. The first-order chi connectivity index (χ1) is 14.0. The van der Waals surface area contributed by atoms with Crippen LogP contribution in [-0.4, -0.2) is 23.5 Å². The van der Waals surface area contributed by atoms with E-state index in [0.717, 1.165) is 21.9 Å². The Morgan fingerprint density at radius 2 is 1.90 bits per heavy atom. The Hall–Kier alpha value is -3.14. The van der Waals surface area contributed by atoms with E-state index in [1.165, 1.54) is 13.0 Å². The number of ketones is 1. The average Bonchev–Trinajstić information content (AvgIpc) is 2.71. The van der Waals surface area contributed by atoms with E-state index in [2.05, 4.69) is 30.3 Å². The van der Waals surface area contributed by atoms with E-state index in [4.69, 9.17) is 4.74 Å². The summed E-state index contributed by atoms with van der Waals surface area (Å²) < 4.78 is 4.97. The number of aliphatic hydroxyl groups is 1. The number of benzene rings is 2. The van der Waals surface area contributed by atoms with Gasteiger partial charge < -0.3 is 9.84 Å². The zero-order valence-electron chi connectivity index (χ0n) is 16.9. The Morgan fingerprint density at radius 1 is 1.14 bits per heavy atom. The van der Waals surface area contributed by atoms with Crippen molar-refractivity contribution >= 4 is 22.5 Å². The Kier molecular flexibility index (Phi) is 6.65. The summed E-state index contributed by atoms with van der Waals surface area (Å²) in [6.07, 6.45) is 6.83. The molecule has 0 bridgehead atoms. The van der Waals surface area contributed by atoms with Crippen LogP contribution in [0, 0.1) is 0 Å². The number of hydrogen-bond donors (Lipinski definition) is 1. The number of carbonyl (C=O) groups excluding carboxylic acids is 2. The maximum atomic E-state index is 11.9. The van der Waals surface area contributed by atoms with Gasteiger partial charge in [-0.25, -0.2) is 4.79 Å². The summed E-state index contributed by atoms with van der Waals surface area (Å²) in [6.45, 7) is 3.59. The zero-order chi connectivity index (χ0) is 20.8. The Bertz CT molecular complexity index is 1010. The third kappa shape index (κ3) is 5.02. The van der Waals surface area contributed by atoms with Crippen molar-refractivity contribution in [2.45, 2.75) is 39.0 Å². The van der Waals surface area contributed by atoms with E-state index in [9.17, 15) is 14.7 Å². The van der Waals surface area contributed by atoms with Crippen molar-refractivity contribution in [3.63, 3.8) is 0 Å². The minimum absolute atomic E-state index is 0.00716. The molecule has 4 heteroatoms. The van der Waals surface area contributed by atoms with Crippen molar-refractivity contribution in [1.82, 2.24) is 0 Å². The SMILES string of the molecule is CCOC(=O)/C=C/C[C@@H](C1=CC(C(C)=O)=C(O)CC1)c1ccc2ccccc2c1. The number of aliphatic hydroxyl groups excluding tert-OH is 1. The molecule has 0 aromatic heterocycles. The van der Waals surface area contributed by atoms with Gasteiger partial charge in [0, 0.05) is 18.4 Å². The van der Waals surface area contributed by atoms with Gasteiger partial charge >= 0.3 is 5.97 Å². The molecule has 4 nitrogen and oxygen atoms in total. The fourth-order valence-corrected chi connectivity index (χ4v) is 3.73. The van der Waals surface area contributed by atoms with E-state index in [1.54, 1.807) is 6.92 Å². The van der Waals surface area contributed by atoms with Crippen LogP contribution in [0.1, 0.15) is 44.6 Å². The van der Waals surface area contributed by atoms with Gasteiger partial charge in [-0.2, -0.15) is 0 Å². The fraction of sp³-hybridized carbons (Fsp3) is 0.280. The van der Waals surface area contributed by atoms with E-state index in [-0.39, 0.29) is 23.4 Å². The van der Waals surface area contributed by atoms with Crippen molar-refractivity contribution < 1.29 is 19.4 Å². The highest BCUT2D eigenvalue weighted by atomic mass is 16.5. The van der Waals surface area contributed by atoms with Crippen LogP contribution in [0.25, 0.3) is 10.8 Å². The van der Waals surface area contributed by atoms with Crippen molar-refractivity contribution in [1.29, 1.82) is 0 Å². The first kappa shape index (κ1) is 20.6. The molecule has 0 radical (unpaired) electrons. The number of hydrogen-bond acceptors (Lipinski definition) is 4. The highest BCUT2D eigenvalue weighted by molar-refractivity contribution is 5.97. The first-order valence-electron chi connectivity index (χ1n) is 9.95. The van der Waals surface area contributed by atoms with E-state index >= 15 is 0 Å². The monoisotopic (exact) mass is 390 g/mol. The number of esters is 1. The maximum absolute atomic E-state index is 11.9. The van der Waals surface area contributed by atoms with Crippen molar-refractivity contribution in [3.8, 4) is 0 Å². The summed E-state index contributed by atoms with van der Waals surface area (Å²) in [5, 5.41) is 12.4. The lowest BCUT2D eigenvalue weighted by Gasteiger charge is -2.24. The van der Waals surface area contributed by atoms with Crippen LogP contribution in [-0.2, 0) is 14.3 Å². The van der Waals surface area contributed by atoms with Gasteiger partial charge in [0.2, 0.25) is 0 Å². The van der Waals surface area contributed by atoms with Crippen LogP contribution in [0.15, 0.2) is 77.6 Å². The fourth-order valence-electron chi connectivity index (χ4n) is 3.73. The van der Waals surface area contributed by atoms with Crippen molar-refractivity contribution in [3.05, 3.63) is 83.2 Å². The Morgan fingerprint density at radius 3 is 2.62 bits per heavy atom. The van der Waals surface area contributed by atoms with Gasteiger partial charge in [-0.15, -0.1) is 0 Å². The quantitative estimate of drug-likeness (QED) is 0.497.